The van der Waals surface area contributed by atoms with E-state index in [2.05, 4.69) is 25.3 Å². The first-order chi connectivity index (χ1) is 9.22. The zero-order valence-corrected chi connectivity index (χ0v) is 10.8. The fourth-order valence-corrected chi connectivity index (χ4v) is 2.13. The zero-order chi connectivity index (χ0) is 13.7. The maximum absolute atomic E-state index is 11.1. The molecule has 0 saturated carbocycles. The summed E-state index contributed by atoms with van der Waals surface area (Å²) in [6.45, 7) is 2.37. The van der Waals surface area contributed by atoms with E-state index >= 15 is 0 Å². The normalized spacial score (nSPS) is 10.2. The summed E-state index contributed by atoms with van der Waals surface area (Å²) < 4.78 is 0. The van der Waals surface area contributed by atoms with Gasteiger partial charge in [-0.05, 0) is 18.7 Å². The Morgan fingerprint density at radius 3 is 2.84 bits per heavy atom. The summed E-state index contributed by atoms with van der Waals surface area (Å²) in [6, 6.07) is 0. The van der Waals surface area contributed by atoms with Crippen LogP contribution in [-0.4, -0.2) is 31.4 Å². The van der Waals surface area contributed by atoms with Crippen molar-refractivity contribution >= 4 is 23.3 Å². The zero-order valence-electron chi connectivity index (χ0n) is 9.98. The van der Waals surface area contributed by atoms with Gasteiger partial charge in [0.15, 0.2) is 5.03 Å². The molecule has 0 aliphatic heterocycles. The Labute approximate surface area is 112 Å². The smallest absolute Gasteiger partial charge is 0.343 e. The van der Waals surface area contributed by atoms with Crippen molar-refractivity contribution in [3.05, 3.63) is 35.0 Å². The van der Waals surface area contributed by atoms with Gasteiger partial charge < -0.3 is 5.32 Å². The molecule has 2 aromatic rings. The van der Waals surface area contributed by atoms with E-state index < -0.39 is 4.92 Å². The van der Waals surface area contributed by atoms with Crippen molar-refractivity contribution in [1.29, 1.82) is 0 Å². The van der Waals surface area contributed by atoms with E-state index in [1.807, 2.05) is 6.92 Å². The molecule has 0 fully saturated rings. The van der Waals surface area contributed by atoms with Gasteiger partial charge in [0.1, 0.15) is 11.4 Å². The van der Waals surface area contributed by atoms with Crippen molar-refractivity contribution in [2.45, 2.75) is 17.0 Å². The van der Waals surface area contributed by atoms with Gasteiger partial charge in [-0.15, -0.1) is 0 Å². The predicted octanol–water partition coefficient (Wildman–Crippen LogP) is 1.76. The molecule has 0 spiro atoms. The highest BCUT2D eigenvalue weighted by Gasteiger charge is 2.23. The number of hydrogen-bond donors (Lipinski definition) is 1. The van der Waals surface area contributed by atoms with E-state index in [0.717, 1.165) is 11.8 Å². The minimum atomic E-state index is -0.503. The van der Waals surface area contributed by atoms with Gasteiger partial charge in [0, 0.05) is 18.9 Å². The van der Waals surface area contributed by atoms with E-state index in [4.69, 9.17) is 0 Å². The van der Waals surface area contributed by atoms with E-state index in [1.54, 1.807) is 0 Å². The average molecular weight is 278 g/mol. The van der Waals surface area contributed by atoms with Gasteiger partial charge in [-0.3, -0.25) is 15.1 Å². The Morgan fingerprint density at radius 1 is 1.37 bits per heavy atom. The minimum absolute atomic E-state index is 0.153. The van der Waals surface area contributed by atoms with Crippen LogP contribution in [-0.2, 0) is 0 Å². The van der Waals surface area contributed by atoms with Crippen molar-refractivity contribution < 1.29 is 4.92 Å². The van der Waals surface area contributed by atoms with Gasteiger partial charge in [-0.1, -0.05) is 0 Å². The Bertz CT molecular complexity index is 579. The Hall–Kier alpha value is -2.29. The van der Waals surface area contributed by atoms with Gasteiger partial charge in [0.05, 0.1) is 11.1 Å². The largest absolute Gasteiger partial charge is 0.364 e. The number of rotatable bonds is 5. The number of anilines is 1. The van der Waals surface area contributed by atoms with E-state index in [1.165, 1.54) is 24.9 Å². The van der Waals surface area contributed by atoms with Crippen LogP contribution in [0.2, 0.25) is 0 Å². The molecule has 1 N–H and O–H groups in total. The molecule has 0 atom stereocenters. The molecule has 0 saturated heterocycles. The molecule has 2 aromatic heterocycles. The number of aromatic nitrogens is 4. The summed E-state index contributed by atoms with van der Waals surface area (Å²) in [5.41, 5.74) is -0.153. The van der Waals surface area contributed by atoms with Crippen LogP contribution in [0.5, 0.6) is 0 Å². The highest BCUT2D eigenvalue weighted by Crippen LogP contribution is 2.35. The van der Waals surface area contributed by atoms with Gasteiger partial charge in [0.2, 0.25) is 5.82 Å². The lowest BCUT2D eigenvalue weighted by atomic mass is 10.5. The monoisotopic (exact) mass is 278 g/mol. The predicted molar refractivity (Wildman–Crippen MR) is 69.0 cm³/mol. The molecule has 2 rings (SSSR count). The van der Waals surface area contributed by atoms with Crippen LogP contribution in [0.15, 0.2) is 35.0 Å². The van der Waals surface area contributed by atoms with Gasteiger partial charge in [-0.2, -0.15) is 0 Å². The summed E-state index contributed by atoms with van der Waals surface area (Å²) in [6.07, 6.45) is 5.84. The summed E-state index contributed by atoms with van der Waals surface area (Å²) >= 11 is 1.08. The van der Waals surface area contributed by atoms with Crippen molar-refractivity contribution in [1.82, 2.24) is 19.9 Å². The molecule has 2 heterocycles. The van der Waals surface area contributed by atoms with Crippen LogP contribution in [0, 0.1) is 10.1 Å². The summed E-state index contributed by atoms with van der Waals surface area (Å²) in [5.74, 6) is 0.203. The van der Waals surface area contributed by atoms with Crippen molar-refractivity contribution in [2.24, 2.45) is 0 Å². The molecule has 0 bridgehead atoms. The average Bonchev–Trinajstić information content (AvgIpc) is 2.40. The third-order valence-electron chi connectivity index (χ3n) is 2.06. The highest BCUT2D eigenvalue weighted by molar-refractivity contribution is 7.99. The van der Waals surface area contributed by atoms with Crippen LogP contribution < -0.4 is 5.32 Å². The quantitative estimate of drug-likeness (QED) is 0.501. The van der Waals surface area contributed by atoms with Crippen LogP contribution in [0.25, 0.3) is 0 Å². The number of nitro groups is 1. The van der Waals surface area contributed by atoms with Crippen molar-refractivity contribution in [3.63, 3.8) is 0 Å². The highest BCUT2D eigenvalue weighted by atomic mass is 32.2. The minimum Gasteiger partial charge on any atom is -0.364 e. The first-order valence-electron chi connectivity index (χ1n) is 5.39. The topological polar surface area (TPSA) is 107 Å². The molecule has 0 aliphatic carbocycles. The van der Waals surface area contributed by atoms with Crippen LogP contribution in [0.3, 0.4) is 0 Å². The van der Waals surface area contributed by atoms with Crippen LogP contribution >= 0.6 is 11.8 Å². The first-order valence-corrected chi connectivity index (χ1v) is 6.21. The third-order valence-corrected chi connectivity index (χ3v) is 2.97. The lowest BCUT2D eigenvalue weighted by Crippen LogP contribution is -2.05. The summed E-state index contributed by atoms with van der Waals surface area (Å²) in [5, 5.41) is 14.8. The number of hydrogen-bond acceptors (Lipinski definition) is 8. The molecule has 19 heavy (non-hydrogen) atoms. The van der Waals surface area contributed by atoms with Crippen LogP contribution in [0.4, 0.5) is 11.5 Å². The number of nitrogens with zero attached hydrogens (tertiary/aromatic N) is 5. The molecular weight excluding hydrogens is 268 g/mol. The second-order valence-corrected chi connectivity index (χ2v) is 4.32. The van der Waals surface area contributed by atoms with E-state index in [9.17, 15) is 10.1 Å². The standard InChI is InChI=1S/C10H10N6O2S/c1-2-12-9-8(16(17)18)10(15-6-14-9)19-7-5-11-3-4-13-7/h3-6H,2H2,1H3,(H,12,14,15). The second kappa shape index (κ2) is 6.05. The van der Waals surface area contributed by atoms with Crippen molar-refractivity contribution in [2.75, 3.05) is 11.9 Å². The third kappa shape index (κ3) is 3.13. The molecular formula is C10H10N6O2S. The molecule has 98 valence electrons. The van der Waals surface area contributed by atoms with Crippen molar-refractivity contribution in [3.8, 4) is 0 Å². The van der Waals surface area contributed by atoms with Crippen LogP contribution in [0.1, 0.15) is 6.92 Å². The number of nitrogens with one attached hydrogen (secondary N) is 1. The maximum Gasteiger partial charge on any atom is 0.343 e. The molecule has 0 unspecified atom stereocenters. The Balaban J connectivity index is 2.39. The molecule has 8 nitrogen and oxygen atoms in total. The lowest BCUT2D eigenvalue weighted by molar-refractivity contribution is -0.387. The fraction of sp³-hybridized carbons (Fsp3) is 0.200. The first kappa shape index (κ1) is 13.1. The SMILES string of the molecule is CCNc1ncnc(Sc2cnccn2)c1[N+](=O)[O-]. The van der Waals surface area contributed by atoms with E-state index in [0.29, 0.717) is 11.6 Å². The summed E-state index contributed by atoms with van der Waals surface area (Å²) in [4.78, 5) is 26.4. The molecule has 0 amide bonds. The molecule has 9 heteroatoms. The lowest BCUT2D eigenvalue weighted by Gasteiger charge is -2.05. The maximum atomic E-state index is 11.1. The summed E-state index contributed by atoms with van der Waals surface area (Å²) in [7, 11) is 0. The van der Waals surface area contributed by atoms with Gasteiger partial charge in [0.25, 0.3) is 0 Å². The fourth-order valence-electron chi connectivity index (χ4n) is 1.34. The molecule has 0 aromatic carbocycles. The molecule has 0 radical (unpaired) electrons. The van der Waals surface area contributed by atoms with Gasteiger partial charge in [-0.25, -0.2) is 15.0 Å². The molecule has 0 aliphatic rings. The Morgan fingerprint density at radius 2 is 2.21 bits per heavy atom. The van der Waals surface area contributed by atoms with Gasteiger partial charge >= 0.3 is 5.69 Å². The Kier molecular flexibility index (Phi) is 4.18. The van der Waals surface area contributed by atoms with E-state index in [-0.39, 0.29) is 16.5 Å². The second-order valence-electron chi connectivity index (χ2n) is 3.31.